The Kier molecular flexibility index (Phi) is 10.2. The Balaban J connectivity index is 1.45. The van der Waals surface area contributed by atoms with Crippen LogP contribution in [0.5, 0.6) is 0 Å². The lowest BCUT2D eigenvalue weighted by molar-refractivity contribution is -0.143. The molecule has 1 aromatic heterocycles. The van der Waals surface area contributed by atoms with Crippen molar-refractivity contribution >= 4 is 33.8 Å². The monoisotopic (exact) mass is 719 g/mol. The maximum Gasteiger partial charge on any atom is 0.408 e. The van der Waals surface area contributed by atoms with Crippen LogP contribution in [0.25, 0.3) is 11.3 Å². The summed E-state index contributed by atoms with van der Waals surface area (Å²) in [6.45, 7) is 14.2. The average molecular weight is 720 g/mol. The van der Waals surface area contributed by atoms with E-state index in [4.69, 9.17) is 4.74 Å². The molecule has 0 spiro atoms. The highest BCUT2D eigenvalue weighted by Crippen LogP contribution is 2.45. The topological polar surface area (TPSA) is 182 Å². The van der Waals surface area contributed by atoms with Crippen molar-refractivity contribution in [3.8, 4) is 11.3 Å². The quantitative estimate of drug-likeness (QED) is 0.264. The zero-order valence-corrected chi connectivity index (χ0v) is 30.4. The van der Waals surface area contributed by atoms with Crippen LogP contribution in [0.1, 0.15) is 60.4 Å². The Morgan fingerprint density at radius 1 is 1.00 bits per heavy atom. The molecule has 4 amide bonds. The molecule has 1 aliphatic carbocycles. The maximum atomic E-state index is 14.4. The standard InChI is InChI=1S/C36H45N7O7S/c1-8-24-20-36(24,32(46)41-51(48,49)26-17-13-10-14-18-26)39-30(44)28-19-25(43-37-21-27(40-43)23-15-11-9-12-16-23)22-42(28)31(45)29(34(2,3)4)38-33(47)50-35(5,6)7/h8-18,21,24-25,28-29H,1,19-20,22H2,2-7H3,(H,38,47)(H,39,44)(H,41,46)/t24-,25-,28+,29-,36+/m1/s1. The molecule has 5 rings (SSSR count). The highest BCUT2D eigenvalue weighted by molar-refractivity contribution is 7.90. The van der Waals surface area contributed by atoms with E-state index in [1.807, 2.05) is 30.3 Å². The number of amides is 4. The summed E-state index contributed by atoms with van der Waals surface area (Å²) >= 11 is 0. The van der Waals surface area contributed by atoms with Gasteiger partial charge in [0.2, 0.25) is 11.8 Å². The number of rotatable bonds is 10. The van der Waals surface area contributed by atoms with Crippen LogP contribution in [-0.4, -0.2) is 81.9 Å². The third-order valence-corrected chi connectivity index (χ3v) is 10.2. The van der Waals surface area contributed by atoms with Gasteiger partial charge in [0, 0.05) is 24.4 Å². The highest BCUT2D eigenvalue weighted by atomic mass is 32.2. The van der Waals surface area contributed by atoms with Crippen LogP contribution in [0, 0.1) is 11.3 Å². The number of nitrogens with zero attached hydrogens (tertiary/aromatic N) is 4. The predicted molar refractivity (Wildman–Crippen MR) is 188 cm³/mol. The lowest BCUT2D eigenvalue weighted by atomic mass is 9.85. The van der Waals surface area contributed by atoms with E-state index in [1.54, 1.807) is 53.8 Å². The van der Waals surface area contributed by atoms with Gasteiger partial charge in [-0.15, -0.1) is 6.58 Å². The van der Waals surface area contributed by atoms with Gasteiger partial charge in [-0.3, -0.25) is 14.4 Å². The number of carbonyl (C=O) groups is 4. The fourth-order valence-electron chi connectivity index (χ4n) is 6.11. The Morgan fingerprint density at radius 3 is 2.20 bits per heavy atom. The molecule has 272 valence electrons. The van der Waals surface area contributed by atoms with Crippen LogP contribution in [0.15, 0.2) is 84.4 Å². The normalized spacial score (nSPS) is 22.4. The summed E-state index contributed by atoms with van der Waals surface area (Å²) in [5.74, 6) is -2.71. The number of aromatic nitrogens is 3. The van der Waals surface area contributed by atoms with Crippen molar-refractivity contribution in [2.24, 2.45) is 11.3 Å². The minimum atomic E-state index is -4.25. The van der Waals surface area contributed by atoms with Crippen LogP contribution < -0.4 is 15.4 Å². The second-order valence-electron chi connectivity index (χ2n) is 15.0. The first-order valence-corrected chi connectivity index (χ1v) is 18.2. The average Bonchev–Trinajstić information content (AvgIpc) is 3.36. The molecule has 3 aromatic rings. The second kappa shape index (κ2) is 13.9. The molecule has 2 aliphatic rings. The van der Waals surface area contributed by atoms with Crippen LogP contribution >= 0.6 is 0 Å². The van der Waals surface area contributed by atoms with Gasteiger partial charge in [0.15, 0.2) is 0 Å². The molecule has 14 nitrogen and oxygen atoms in total. The number of carbonyl (C=O) groups excluding carboxylic acids is 4. The van der Waals surface area contributed by atoms with Crippen molar-refractivity contribution in [1.82, 2.24) is 35.2 Å². The van der Waals surface area contributed by atoms with Crippen LogP contribution in [0.4, 0.5) is 4.79 Å². The first-order valence-electron chi connectivity index (χ1n) is 16.7. The summed E-state index contributed by atoms with van der Waals surface area (Å²) in [4.78, 5) is 58.0. The number of hydrogen-bond acceptors (Lipinski definition) is 9. The van der Waals surface area contributed by atoms with Crippen molar-refractivity contribution in [3.05, 3.63) is 79.5 Å². The fraction of sp³-hybridized carbons (Fsp3) is 0.444. The van der Waals surface area contributed by atoms with E-state index in [1.165, 1.54) is 40.0 Å². The summed E-state index contributed by atoms with van der Waals surface area (Å²) in [7, 11) is -4.25. The number of alkyl carbamates (subject to hydrolysis) is 1. The molecular formula is C36H45N7O7S. The van der Waals surface area contributed by atoms with Crippen molar-refractivity contribution in [2.45, 2.75) is 88.5 Å². The number of nitrogens with one attached hydrogen (secondary N) is 3. The van der Waals surface area contributed by atoms with E-state index >= 15 is 0 Å². The highest BCUT2D eigenvalue weighted by Gasteiger charge is 2.61. The zero-order chi connectivity index (χ0) is 37.4. The summed E-state index contributed by atoms with van der Waals surface area (Å²) < 4.78 is 33.7. The Morgan fingerprint density at radius 2 is 1.63 bits per heavy atom. The second-order valence-corrected chi connectivity index (χ2v) is 16.7. The molecule has 2 fully saturated rings. The summed E-state index contributed by atoms with van der Waals surface area (Å²) in [5.41, 5.74) is -1.82. The van der Waals surface area contributed by atoms with Crippen LogP contribution in [-0.2, 0) is 29.1 Å². The molecule has 1 saturated heterocycles. The maximum absolute atomic E-state index is 14.4. The molecule has 1 aliphatic heterocycles. The number of likely N-dealkylation sites (tertiary alicyclic amines) is 1. The minimum Gasteiger partial charge on any atom is -0.444 e. The molecule has 51 heavy (non-hydrogen) atoms. The third-order valence-electron chi connectivity index (χ3n) is 8.87. The van der Waals surface area contributed by atoms with Gasteiger partial charge >= 0.3 is 6.09 Å². The zero-order valence-electron chi connectivity index (χ0n) is 29.6. The Hall–Kier alpha value is -5.05. The van der Waals surface area contributed by atoms with E-state index in [0.29, 0.717) is 5.69 Å². The molecule has 0 bridgehead atoms. The number of benzene rings is 2. The molecule has 0 unspecified atom stereocenters. The summed E-state index contributed by atoms with van der Waals surface area (Å²) in [6.07, 6.45) is 2.46. The van der Waals surface area contributed by atoms with Crippen molar-refractivity contribution < 1.29 is 32.3 Å². The van der Waals surface area contributed by atoms with Gasteiger partial charge in [-0.05, 0) is 44.7 Å². The molecule has 5 atom stereocenters. The van der Waals surface area contributed by atoms with Crippen LogP contribution in [0.2, 0.25) is 0 Å². The van der Waals surface area contributed by atoms with Gasteiger partial charge in [-0.1, -0.05) is 75.4 Å². The summed E-state index contributed by atoms with van der Waals surface area (Å²) in [5, 5.41) is 14.6. The van der Waals surface area contributed by atoms with E-state index in [-0.39, 0.29) is 24.3 Å². The molecule has 0 radical (unpaired) electrons. The van der Waals surface area contributed by atoms with Gasteiger partial charge < -0.3 is 20.3 Å². The van der Waals surface area contributed by atoms with Gasteiger partial charge in [0.05, 0.1) is 17.1 Å². The molecule has 2 aromatic carbocycles. The first kappa shape index (κ1) is 37.2. The lowest BCUT2D eigenvalue weighted by Crippen LogP contribution is -2.60. The largest absolute Gasteiger partial charge is 0.444 e. The van der Waals surface area contributed by atoms with Crippen LogP contribution in [0.3, 0.4) is 0 Å². The van der Waals surface area contributed by atoms with Crippen molar-refractivity contribution in [1.29, 1.82) is 0 Å². The molecule has 2 heterocycles. The van der Waals surface area contributed by atoms with Gasteiger partial charge in [0.25, 0.3) is 15.9 Å². The first-order chi connectivity index (χ1) is 23.8. The molecular weight excluding hydrogens is 675 g/mol. The van der Waals surface area contributed by atoms with E-state index in [9.17, 15) is 27.6 Å². The van der Waals surface area contributed by atoms with E-state index in [2.05, 4.69) is 32.1 Å². The van der Waals surface area contributed by atoms with Gasteiger partial charge in [-0.25, -0.2) is 17.9 Å². The molecule has 1 saturated carbocycles. The Labute approximate surface area is 298 Å². The smallest absolute Gasteiger partial charge is 0.408 e. The summed E-state index contributed by atoms with van der Waals surface area (Å²) in [6, 6.07) is 14.0. The van der Waals surface area contributed by atoms with Crippen molar-refractivity contribution in [2.75, 3.05) is 6.54 Å². The lowest BCUT2D eigenvalue weighted by Gasteiger charge is -2.36. The number of hydrogen-bond donors (Lipinski definition) is 3. The number of sulfonamides is 1. The van der Waals surface area contributed by atoms with Gasteiger partial charge in [0.1, 0.15) is 28.9 Å². The van der Waals surface area contributed by atoms with Crippen molar-refractivity contribution in [3.63, 3.8) is 0 Å². The van der Waals surface area contributed by atoms with Gasteiger partial charge in [-0.2, -0.15) is 15.0 Å². The van der Waals surface area contributed by atoms with E-state index < -0.39 is 74.4 Å². The minimum absolute atomic E-state index is 0.00881. The SMILES string of the molecule is C=C[C@@H]1C[C@@]1(NC(=O)[C@@H]1C[C@@H](n2ncc(-c3ccccc3)n2)CN1C(=O)[C@@H](NC(=O)OC(C)(C)C)C(C)(C)C)C(=O)NS(=O)(=O)c1ccccc1. The molecule has 15 heteroatoms. The fourth-order valence-corrected chi connectivity index (χ4v) is 7.17. The Bertz CT molecular complexity index is 1900. The molecule has 3 N–H and O–H groups in total. The van der Waals surface area contributed by atoms with E-state index in [0.717, 1.165) is 5.56 Å². The third kappa shape index (κ3) is 8.30. The number of ether oxygens (including phenoxy) is 1. The predicted octanol–water partition coefficient (Wildman–Crippen LogP) is 3.59.